The van der Waals surface area contributed by atoms with Crippen molar-refractivity contribution in [1.82, 2.24) is 0 Å². The number of likely N-dealkylation sites (N-methyl/N-ethyl adjacent to an activating group) is 1. The number of quaternary nitrogens is 1. The molecule has 6 heteroatoms. The molecule has 0 heterocycles. The van der Waals surface area contributed by atoms with E-state index in [4.69, 9.17) is 14.2 Å². The second-order valence-electron chi connectivity index (χ2n) is 6.07. The lowest BCUT2D eigenvalue weighted by Gasteiger charge is -2.15. The Hall–Kier alpha value is -2.73. The van der Waals surface area contributed by atoms with Gasteiger partial charge in [-0.25, -0.2) is 0 Å². The van der Waals surface area contributed by atoms with Gasteiger partial charge in [0.15, 0.2) is 18.0 Å². The van der Waals surface area contributed by atoms with Gasteiger partial charge in [-0.3, -0.25) is 4.79 Å². The summed E-state index contributed by atoms with van der Waals surface area (Å²) in [5.74, 6) is 2.05. The Morgan fingerprint density at radius 3 is 2.35 bits per heavy atom. The molecule has 0 fully saturated rings. The van der Waals surface area contributed by atoms with Crippen molar-refractivity contribution in [3.05, 3.63) is 48.0 Å². The molecule has 0 aliphatic rings. The molecule has 1 amide bonds. The highest BCUT2D eigenvalue weighted by Crippen LogP contribution is 2.27. The van der Waals surface area contributed by atoms with Crippen molar-refractivity contribution in [2.45, 2.75) is 6.42 Å². The minimum atomic E-state index is -0.0423. The molecule has 2 N–H and O–H groups in total. The van der Waals surface area contributed by atoms with Crippen LogP contribution in [0, 0.1) is 0 Å². The summed E-state index contributed by atoms with van der Waals surface area (Å²) in [6.45, 7) is 1.21. The third kappa shape index (κ3) is 5.39. The average molecular weight is 359 g/mol. The molecule has 0 aromatic heterocycles. The first kappa shape index (κ1) is 19.6. The normalized spacial score (nSPS) is 11.5. The van der Waals surface area contributed by atoms with Gasteiger partial charge < -0.3 is 24.4 Å². The Balaban J connectivity index is 1.86. The molecule has 6 nitrogen and oxygen atoms in total. The molecule has 1 unspecified atom stereocenters. The van der Waals surface area contributed by atoms with Gasteiger partial charge in [0.2, 0.25) is 0 Å². The first-order valence-corrected chi connectivity index (χ1v) is 8.52. The summed E-state index contributed by atoms with van der Waals surface area (Å²) in [7, 11) is 6.84. The smallest absolute Gasteiger partial charge is 0.279 e. The van der Waals surface area contributed by atoms with Crippen LogP contribution in [0.2, 0.25) is 0 Å². The zero-order valence-electron chi connectivity index (χ0n) is 15.8. The van der Waals surface area contributed by atoms with Crippen LogP contribution in [0.4, 0.5) is 5.69 Å². The van der Waals surface area contributed by atoms with Gasteiger partial charge in [0.25, 0.3) is 5.91 Å². The van der Waals surface area contributed by atoms with Crippen LogP contribution in [0.3, 0.4) is 0 Å². The van der Waals surface area contributed by atoms with Crippen molar-refractivity contribution in [2.24, 2.45) is 0 Å². The van der Waals surface area contributed by atoms with Crippen LogP contribution in [0.15, 0.2) is 42.5 Å². The Kier molecular flexibility index (Phi) is 7.29. The standard InChI is InChI=1S/C20H26N2O4/c1-22(12-11-15-9-10-18(25-3)19(13-15)26-4)14-20(23)21-16-7-5-6-8-17(16)24-2/h5-10,13H,11-12,14H2,1-4H3,(H,21,23)/p+1. The molecule has 0 aliphatic carbocycles. The maximum atomic E-state index is 12.3. The predicted molar refractivity (Wildman–Crippen MR) is 101 cm³/mol. The molecule has 0 bridgehead atoms. The second kappa shape index (κ2) is 9.68. The lowest BCUT2D eigenvalue weighted by Crippen LogP contribution is -3.10. The third-order valence-corrected chi connectivity index (χ3v) is 4.13. The van der Waals surface area contributed by atoms with E-state index < -0.39 is 0 Å². The summed E-state index contributed by atoms with van der Waals surface area (Å²) in [5.41, 5.74) is 1.83. The number of nitrogens with one attached hydrogen (secondary N) is 2. The van der Waals surface area contributed by atoms with Crippen LogP contribution in [0.25, 0.3) is 0 Å². The van der Waals surface area contributed by atoms with E-state index in [1.165, 1.54) is 0 Å². The number of carbonyl (C=O) groups is 1. The van der Waals surface area contributed by atoms with Gasteiger partial charge >= 0.3 is 0 Å². The Morgan fingerprint density at radius 2 is 1.65 bits per heavy atom. The van der Waals surface area contributed by atoms with E-state index in [0.717, 1.165) is 29.2 Å². The number of methoxy groups -OCH3 is 3. The molecule has 1 atom stereocenters. The fourth-order valence-electron chi connectivity index (χ4n) is 2.70. The summed E-state index contributed by atoms with van der Waals surface area (Å²) < 4.78 is 15.8. The largest absolute Gasteiger partial charge is 0.495 e. The van der Waals surface area contributed by atoms with Crippen LogP contribution in [0.1, 0.15) is 5.56 Å². The van der Waals surface area contributed by atoms with E-state index >= 15 is 0 Å². The molecule has 2 aromatic carbocycles. The molecule has 2 aromatic rings. The summed E-state index contributed by atoms with van der Waals surface area (Å²) in [4.78, 5) is 13.4. The summed E-state index contributed by atoms with van der Waals surface area (Å²) in [6.07, 6.45) is 0.841. The molecule has 2 rings (SSSR count). The maximum absolute atomic E-state index is 12.3. The number of hydrogen-bond donors (Lipinski definition) is 2. The van der Waals surface area contributed by atoms with Crippen LogP contribution >= 0.6 is 0 Å². The number of anilines is 1. The summed E-state index contributed by atoms with van der Waals surface area (Å²) in [5, 5.41) is 2.90. The van der Waals surface area contributed by atoms with Crippen molar-refractivity contribution in [1.29, 1.82) is 0 Å². The highest BCUT2D eigenvalue weighted by molar-refractivity contribution is 5.92. The van der Waals surface area contributed by atoms with E-state index in [1.54, 1.807) is 21.3 Å². The predicted octanol–water partition coefficient (Wildman–Crippen LogP) is 1.41. The summed E-state index contributed by atoms with van der Waals surface area (Å²) in [6, 6.07) is 13.3. The highest BCUT2D eigenvalue weighted by Gasteiger charge is 2.13. The SMILES string of the molecule is COc1ccccc1NC(=O)C[NH+](C)CCc1ccc(OC)c(OC)c1. The minimum Gasteiger partial charge on any atom is -0.495 e. The number of benzene rings is 2. The zero-order chi connectivity index (χ0) is 18.9. The van der Waals surface area contributed by atoms with Crippen LogP contribution in [-0.2, 0) is 11.2 Å². The van der Waals surface area contributed by atoms with E-state index in [1.807, 2.05) is 49.5 Å². The van der Waals surface area contributed by atoms with Gasteiger partial charge in [-0.2, -0.15) is 0 Å². The first-order chi connectivity index (χ1) is 12.6. The highest BCUT2D eigenvalue weighted by atomic mass is 16.5. The molecular formula is C20H27N2O4+. The lowest BCUT2D eigenvalue weighted by molar-refractivity contribution is -0.870. The number of hydrogen-bond acceptors (Lipinski definition) is 4. The van der Waals surface area contributed by atoms with E-state index in [9.17, 15) is 4.79 Å². The average Bonchev–Trinajstić information content (AvgIpc) is 2.66. The molecular weight excluding hydrogens is 332 g/mol. The fraction of sp³-hybridized carbons (Fsp3) is 0.350. The quantitative estimate of drug-likeness (QED) is 0.711. The zero-order valence-corrected chi connectivity index (χ0v) is 15.8. The van der Waals surface area contributed by atoms with Gasteiger partial charge in [0.1, 0.15) is 5.75 Å². The van der Waals surface area contributed by atoms with Gasteiger partial charge in [0, 0.05) is 6.42 Å². The molecule has 0 aliphatic heterocycles. The van der Waals surface area contributed by atoms with E-state index in [-0.39, 0.29) is 5.91 Å². The van der Waals surface area contributed by atoms with Crippen LogP contribution < -0.4 is 24.4 Å². The first-order valence-electron chi connectivity index (χ1n) is 8.52. The third-order valence-electron chi connectivity index (χ3n) is 4.13. The van der Waals surface area contributed by atoms with Crippen molar-refractivity contribution < 1.29 is 23.9 Å². The molecule has 26 heavy (non-hydrogen) atoms. The number of carbonyl (C=O) groups excluding carboxylic acids is 1. The Morgan fingerprint density at radius 1 is 0.962 bits per heavy atom. The lowest BCUT2D eigenvalue weighted by atomic mass is 10.1. The van der Waals surface area contributed by atoms with Crippen LogP contribution in [-0.4, -0.2) is 47.4 Å². The van der Waals surface area contributed by atoms with Crippen molar-refractivity contribution in [2.75, 3.05) is 46.8 Å². The fourth-order valence-corrected chi connectivity index (χ4v) is 2.70. The van der Waals surface area contributed by atoms with E-state index in [0.29, 0.717) is 23.7 Å². The number of ether oxygens (including phenoxy) is 3. The van der Waals surface area contributed by atoms with Gasteiger partial charge in [-0.15, -0.1) is 0 Å². The second-order valence-corrected chi connectivity index (χ2v) is 6.07. The topological polar surface area (TPSA) is 61.2 Å². The van der Waals surface area contributed by atoms with Crippen molar-refractivity contribution in [3.8, 4) is 17.2 Å². The molecule has 140 valence electrons. The summed E-state index contributed by atoms with van der Waals surface area (Å²) >= 11 is 0. The van der Waals surface area contributed by atoms with Crippen LogP contribution in [0.5, 0.6) is 17.2 Å². The maximum Gasteiger partial charge on any atom is 0.279 e. The molecule has 0 saturated carbocycles. The van der Waals surface area contributed by atoms with E-state index in [2.05, 4.69) is 5.32 Å². The Bertz CT molecular complexity index is 734. The number of para-hydroxylation sites is 2. The van der Waals surface area contributed by atoms with Crippen molar-refractivity contribution >= 4 is 11.6 Å². The van der Waals surface area contributed by atoms with Crippen molar-refractivity contribution in [3.63, 3.8) is 0 Å². The Labute approximate surface area is 154 Å². The number of rotatable bonds is 9. The van der Waals surface area contributed by atoms with Gasteiger partial charge in [-0.1, -0.05) is 18.2 Å². The van der Waals surface area contributed by atoms with Gasteiger partial charge in [0.05, 0.1) is 40.6 Å². The number of amides is 1. The molecule has 0 saturated heterocycles. The minimum absolute atomic E-state index is 0.0423. The molecule has 0 radical (unpaired) electrons. The molecule has 0 spiro atoms. The monoisotopic (exact) mass is 359 g/mol. The van der Waals surface area contributed by atoms with Gasteiger partial charge in [-0.05, 0) is 29.8 Å².